The standard InChI is InChI=1S/C14H14BrF2N3/c15-10-5-6-11(16)9(14(10)17)7-13(20-19)8-3-1-2-4-12(8)18/h1-6,13,20H,7,18-19H2. The van der Waals surface area contributed by atoms with Crippen LogP contribution in [0.1, 0.15) is 17.2 Å². The Hall–Kier alpha value is -1.50. The van der Waals surface area contributed by atoms with E-state index in [4.69, 9.17) is 11.6 Å². The van der Waals surface area contributed by atoms with Crippen LogP contribution in [0.2, 0.25) is 0 Å². The van der Waals surface area contributed by atoms with Crippen molar-refractivity contribution in [2.24, 2.45) is 5.84 Å². The molecule has 0 radical (unpaired) electrons. The highest BCUT2D eigenvalue weighted by Crippen LogP contribution is 2.28. The van der Waals surface area contributed by atoms with Crippen molar-refractivity contribution in [2.75, 3.05) is 5.73 Å². The molecule has 2 aromatic carbocycles. The molecule has 0 aliphatic rings. The Morgan fingerprint density at radius 1 is 1.15 bits per heavy atom. The summed E-state index contributed by atoms with van der Waals surface area (Å²) in [5.74, 6) is 4.26. The van der Waals surface area contributed by atoms with E-state index in [1.54, 1.807) is 24.3 Å². The molecular formula is C14H14BrF2N3. The SMILES string of the molecule is NNC(Cc1c(F)ccc(Br)c1F)c1ccccc1N. The average Bonchev–Trinajstić information content (AvgIpc) is 2.45. The van der Waals surface area contributed by atoms with Gasteiger partial charge in [0.1, 0.15) is 11.6 Å². The van der Waals surface area contributed by atoms with Crippen LogP contribution in [0, 0.1) is 11.6 Å². The molecule has 0 aliphatic carbocycles. The molecule has 0 aromatic heterocycles. The maximum absolute atomic E-state index is 14.0. The van der Waals surface area contributed by atoms with Gasteiger partial charge in [0.05, 0.1) is 10.5 Å². The Balaban J connectivity index is 2.37. The van der Waals surface area contributed by atoms with Crippen LogP contribution in [0.5, 0.6) is 0 Å². The number of halogens is 3. The highest BCUT2D eigenvalue weighted by molar-refractivity contribution is 9.10. The summed E-state index contributed by atoms with van der Waals surface area (Å²) in [4.78, 5) is 0. The van der Waals surface area contributed by atoms with Crippen LogP contribution >= 0.6 is 15.9 Å². The second kappa shape index (κ2) is 6.30. The molecule has 5 N–H and O–H groups in total. The van der Waals surface area contributed by atoms with Gasteiger partial charge in [-0.15, -0.1) is 0 Å². The summed E-state index contributed by atoms with van der Waals surface area (Å²) in [6, 6.07) is 9.13. The lowest BCUT2D eigenvalue weighted by atomic mass is 9.97. The molecule has 1 unspecified atom stereocenters. The van der Waals surface area contributed by atoms with Gasteiger partial charge in [-0.3, -0.25) is 11.3 Å². The quantitative estimate of drug-likeness (QED) is 0.346. The third kappa shape index (κ3) is 2.98. The van der Waals surface area contributed by atoms with E-state index in [1.165, 1.54) is 12.1 Å². The number of nitrogens with two attached hydrogens (primary N) is 2. The second-order valence-corrected chi connectivity index (χ2v) is 5.23. The Labute approximate surface area is 124 Å². The molecule has 6 heteroatoms. The van der Waals surface area contributed by atoms with Crippen molar-refractivity contribution in [1.29, 1.82) is 0 Å². The summed E-state index contributed by atoms with van der Waals surface area (Å²) in [7, 11) is 0. The number of hydrogen-bond acceptors (Lipinski definition) is 3. The predicted molar refractivity (Wildman–Crippen MR) is 78.7 cm³/mol. The zero-order chi connectivity index (χ0) is 14.7. The summed E-state index contributed by atoms with van der Waals surface area (Å²) < 4.78 is 28.0. The summed E-state index contributed by atoms with van der Waals surface area (Å²) in [6.45, 7) is 0. The van der Waals surface area contributed by atoms with Gasteiger partial charge in [-0.2, -0.15) is 0 Å². The normalized spacial score (nSPS) is 12.4. The smallest absolute Gasteiger partial charge is 0.143 e. The molecule has 3 nitrogen and oxygen atoms in total. The van der Waals surface area contributed by atoms with Gasteiger partial charge >= 0.3 is 0 Å². The number of para-hydroxylation sites is 1. The first kappa shape index (κ1) is 14.9. The Morgan fingerprint density at radius 3 is 2.50 bits per heavy atom. The van der Waals surface area contributed by atoms with Crippen molar-refractivity contribution in [1.82, 2.24) is 5.43 Å². The van der Waals surface area contributed by atoms with Crippen LogP contribution in [0.25, 0.3) is 0 Å². The average molecular weight is 342 g/mol. The van der Waals surface area contributed by atoms with Crippen LogP contribution in [-0.2, 0) is 6.42 Å². The first-order valence-electron chi connectivity index (χ1n) is 5.97. The molecule has 0 aliphatic heterocycles. The summed E-state index contributed by atoms with van der Waals surface area (Å²) in [5, 5.41) is 0. The topological polar surface area (TPSA) is 64.1 Å². The van der Waals surface area contributed by atoms with E-state index in [9.17, 15) is 8.78 Å². The van der Waals surface area contributed by atoms with Gasteiger partial charge in [-0.25, -0.2) is 8.78 Å². The number of hydrazine groups is 1. The number of rotatable bonds is 4. The maximum atomic E-state index is 14.0. The van der Waals surface area contributed by atoms with Crippen LogP contribution in [0.3, 0.4) is 0 Å². The predicted octanol–water partition coefficient (Wildman–Crippen LogP) is 3.06. The molecular weight excluding hydrogens is 328 g/mol. The molecule has 0 fully saturated rings. The zero-order valence-corrected chi connectivity index (χ0v) is 12.1. The number of anilines is 1. The third-order valence-corrected chi connectivity index (χ3v) is 3.73. The fourth-order valence-electron chi connectivity index (χ4n) is 2.05. The lowest BCUT2D eigenvalue weighted by Gasteiger charge is -2.19. The molecule has 1 atom stereocenters. The summed E-state index contributed by atoms with van der Waals surface area (Å²) >= 11 is 3.04. The van der Waals surface area contributed by atoms with E-state index in [2.05, 4.69) is 21.4 Å². The Kier molecular flexibility index (Phi) is 4.69. The molecule has 2 rings (SSSR count). The molecule has 106 valence electrons. The van der Waals surface area contributed by atoms with Crippen LogP contribution in [-0.4, -0.2) is 0 Å². The summed E-state index contributed by atoms with van der Waals surface area (Å²) in [5.41, 5.74) is 9.60. The molecule has 0 saturated heterocycles. The second-order valence-electron chi connectivity index (χ2n) is 4.37. The molecule has 0 saturated carbocycles. The van der Waals surface area contributed by atoms with E-state index in [0.717, 1.165) is 0 Å². The fraction of sp³-hybridized carbons (Fsp3) is 0.143. The van der Waals surface area contributed by atoms with Crippen LogP contribution in [0.15, 0.2) is 40.9 Å². The minimum atomic E-state index is -0.625. The molecule has 0 spiro atoms. The number of hydrogen-bond donors (Lipinski definition) is 3. The molecule has 0 heterocycles. The number of nitrogens with one attached hydrogen (secondary N) is 1. The van der Waals surface area contributed by atoms with Crippen molar-refractivity contribution in [3.8, 4) is 0 Å². The highest BCUT2D eigenvalue weighted by atomic mass is 79.9. The molecule has 0 bridgehead atoms. The van der Waals surface area contributed by atoms with Crippen LogP contribution in [0.4, 0.5) is 14.5 Å². The molecule has 20 heavy (non-hydrogen) atoms. The van der Waals surface area contributed by atoms with Gasteiger partial charge in [0, 0.05) is 11.3 Å². The van der Waals surface area contributed by atoms with Crippen LogP contribution < -0.4 is 17.0 Å². The van der Waals surface area contributed by atoms with E-state index in [1.807, 2.05) is 0 Å². The van der Waals surface area contributed by atoms with E-state index in [0.29, 0.717) is 11.3 Å². The minimum Gasteiger partial charge on any atom is -0.398 e. The van der Waals surface area contributed by atoms with Gasteiger partial charge in [-0.1, -0.05) is 18.2 Å². The van der Waals surface area contributed by atoms with Gasteiger partial charge in [0.25, 0.3) is 0 Å². The summed E-state index contributed by atoms with van der Waals surface area (Å²) in [6.07, 6.45) is 0.0574. The van der Waals surface area contributed by atoms with E-state index < -0.39 is 17.7 Å². The lowest BCUT2D eigenvalue weighted by Crippen LogP contribution is -2.30. The number of benzene rings is 2. The lowest BCUT2D eigenvalue weighted by molar-refractivity contribution is 0.498. The van der Waals surface area contributed by atoms with Crippen molar-refractivity contribution in [3.63, 3.8) is 0 Å². The van der Waals surface area contributed by atoms with Gasteiger partial charge in [0.15, 0.2) is 0 Å². The first-order valence-corrected chi connectivity index (χ1v) is 6.76. The van der Waals surface area contributed by atoms with Gasteiger partial charge in [-0.05, 0) is 46.1 Å². The Morgan fingerprint density at radius 2 is 1.85 bits per heavy atom. The van der Waals surface area contributed by atoms with Crippen molar-refractivity contribution in [2.45, 2.75) is 12.5 Å². The zero-order valence-electron chi connectivity index (χ0n) is 10.5. The first-order chi connectivity index (χ1) is 9.54. The van der Waals surface area contributed by atoms with Crippen molar-refractivity contribution in [3.05, 3.63) is 63.6 Å². The van der Waals surface area contributed by atoms with Gasteiger partial charge in [0.2, 0.25) is 0 Å². The molecule has 0 amide bonds. The van der Waals surface area contributed by atoms with Crippen molar-refractivity contribution < 1.29 is 8.78 Å². The largest absolute Gasteiger partial charge is 0.398 e. The van der Waals surface area contributed by atoms with E-state index >= 15 is 0 Å². The Bertz CT molecular complexity index is 619. The monoisotopic (exact) mass is 341 g/mol. The van der Waals surface area contributed by atoms with E-state index in [-0.39, 0.29) is 16.5 Å². The maximum Gasteiger partial charge on any atom is 0.143 e. The highest BCUT2D eigenvalue weighted by Gasteiger charge is 2.19. The number of nitrogen functional groups attached to an aromatic ring is 1. The van der Waals surface area contributed by atoms with Crippen molar-refractivity contribution >= 4 is 21.6 Å². The minimum absolute atomic E-state index is 0.0365. The third-order valence-electron chi connectivity index (χ3n) is 3.12. The molecule has 2 aromatic rings. The van der Waals surface area contributed by atoms with Gasteiger partial charge < -0.3 is 5.73 Å². The fourth-order valence-corrected chi connectivity index (χ4v) is 2.42.